The SMILES string of the molecule is CCOCCCNC(=O)c1nnc(Cc2cccc(Cl)c2)o1. The molecule has 22 heavy (non-hydrogen) atoms. The van der Waals surface area contributed by atoms with Crippen molar-refractivity contribution in [1.29, 1.82) is 0 Å². The van der Waals surface area contributed by atoms with Gasteiger partial charge in [-0.15, -0.1) is 10.2 Å². The Bertz CT molecular complexity index is 616. The lowest BCUT2D eigenvalue weighted by atomic mass is 10.1. The van der Waals surface area contributed by atoms with E-state index in [1.165, 1.54) is 0 Å². The summed E-state index contributed by atoms with van der Waals surface area (Å²) in [6, 6.07) is 7.36. The molecule has 0 bridgehead atoms. The first-order valence-corrected chi connectivity index (χ1v) is 7.49. The highest BCUT2D eigenvalue weighted by Crippen LogP contribution is 2.14. The molecule has 0 radical (unpaired) electrons. The summed E-state index contributed by atoms with van der Waals surface area (Å²) in [5, 5.41) is 11.0. The first-order chi connectivity index (χ1) is 10.7. The summed E-state index contributed by atoms with van der Waals surface area (Å²) in [6.07, 6.45) is 1.17. The van der Waals surface area contributed by atoms with Crippen LogP contribution in [0.3, 0.4) is 0 Å². The van der Waals surface area contributed by atoms with Crippen LogP contribution >= 0.6 is 11.6 Å². The molecule has 2 rings (SSSR count). The fourth-order valence-electron chi connectivity index (χ4n) is 1.83. The average molecular weight is 324 g/mol. The number of ether oxygens (including phenoxy) is 1. The van der Waals surface area contributed by atoms with E-state index in [0.29, 0.717) is 37.1 Å². The van der Waals surface area contributed by atoms with Crippen LogP contribution in [0.2, 0.25) is 5.02 Å². The minimum absolute atomic E-state index is 0.0339. The van der Waals surface area contributed by atoms with Crippen molar-refractivity contribution in [3.05, 3.63) is 46.6 Å². The quantitative estimate of drug-likeness (QED) is 0.755. The van der Waals surface area contributed by atoms with Crippen molar-refractivity contribution in [3.8, 4) is 0 Å². The Kier molecular flexibility index (Phi) is 6.36. The van der Waals surface area contributed by atoms with E-state index >= 15 is 0 Å². The molecule has 0 saturated carbocycles. The average Bonchev–Trinajstić information content (AvgIpc) is 2.95. The summed E-state index contributed by atoms with van der Waals surface area (Å²) in [7, 11) is 0. The molecule has 0 unspecified atom stereocenters. The maximum Gasteiger partial charge on any atom is 0.308 e. The maximum atomic E-state index is 11.8. The van der Waals surface area contributed by atoms with E-state index in [0.717, 1.165) is 12.0 Å². The molecule has 0 aliphatic heterocycles. The van der Waals surface area contributed by atoms with Gasteiger partial charge in [0.2, 0.25) is 5.89 Å². The second-order valence-electron chi connectivity index (χ2n) is 4.61. The summed E-state index contributed by atoms with van der Waals surface area (Å²) in [4.78, 5) is 11.8. The van der Waals surface area contributed by atoms with Crippen LogP contribution < -0.4 is 5.32 Å². The van der Waals surface area contributed by atoms with Gasteiger partial charge in [-0.3, -0.25) is 4.79 Å². The molecule has 1 aromatic heterocycles. The van der Waals surface area contributed by atoms with Crippen molar-refractivity contribution < 1.29 is 13.9 Å². The Morgan fingerprint density at radius 3 is 3.05 bits per heavy atom. The number of carbonyl (C=O) groups excluding carboxylic acids is 1. The molecule has 0 spiro atoms. The Labute approximate surface area is 133 Å². The van der Waals surface area contributed by atoms with Gasteiger partial charge in [0.05, 0.1) is 6.42 Å². The third-order valence-corrected chi connectivity index (χ3v) is 3.10. The van der Waals surface area contributed by atoms with E-state index in [9.17, 15) is 4.79 Å². The normalized spacial score (nSPS) is 10.6. The van der Waals surface area contributed by atoms with E-state index in [1.807, 2.05) is 25.1 Å². The number of nitrogens with one attached hydrogen (secondary N) is 1. The molecule has 6 nitrogen and oxygen atoms in total. The minimum Gasteiger partial charge on any atom is -0.417 e. The molecule has 1 aromatic carbocycles. The highest BCUT2D eigenvalue weighted by atomic mass is 35.5. The van der Waals surface area contributed by atoms with Gasteiger partial charge in [-0.05, 0) is 31.0 Å². The largest absolute Gasteiger partial charge is 0.417 e. The smallest absolute Gasteiger partial charge is 0.308 e. The van der Waals surface area contributed by atoms with Crippen LogP contribution in [0.1, 0.15) is 35.5 Å². The molecule has 0 aliphatic carbocycles. The van der Waals surface area contributed by atoms with Gasteiger partial charge in [0.15, 0.2) is 0 Å². The Morgan fingerprint density at radius 1 is 1.41 bits per heavy atom. The number of rotatable bonds is 8. The van der Waals surface area contributed by atoms with Gasteiger partial charge in [0.25, 0.3) is 0 Å². The van der Waals surface area contributed by atoms with E-state index in [2.05, 4.69) is 15.5 Å². The first-order valence-electron chi connectivity index (χ1n) is 7.12. The lowest BCUT2D eigenvalue weighted by Crippen LogP contribution is -2.25. The van der Waals surface area contributed by atoms with Crippen LogP contribution in [-0.2, 0) is 11.2 Å². The van der Waals surface area contributed by atoms with Crippen molar-refractivity contribution in [1.82, 2.24) is 15.5 Å². The number of hydrogen-bond acceptors (Lipinski definition) is 5. The van der Waals surface area contributed by atoms with Crippen LogP contribution in [0, 0.1) is 0 Å². The number of aromatic nitrogens is 2. The number of hydrogen-bond donors (Lipinski definition) is 1. The van der Waals surface area contributed by atoms with Crippen molar-refractivity contribution >= 4 is 17.5 Å². The van der Waals surface area contributed by atoms with E-state index in [4.69, 9.17) is 20.8 Å². The zero-order chi connectivity index (χ0) is 15.8. The minimum atomic E-state index is -0.374. The molecule has 0 saturated heterocycles. The molecule has 0 aliphatic rings. The third kappa shape index (κ3) is 5.13. The van der Waals surface area contributed by atoms with Gasteiger partial charge in [-0.25, -0.2) is 0 Å². The van der Waals surface area contributed by atoms with E-state index < -0.39 is 0 Å². The van der Waals surface area contributed by atoms with Gasteiger partial charge in [0, 0.05) is 24.8 Å². The number of carbonyl (C=O) groups is 1. The van der Waals surface area contributed by atoms with Crippen LogP contribution in [0.4, 0.5) is 0 Å². The molecule has 1 heterocycles. The third-order valence-electron chi connectivity index (χ3n) is 2.86. The monoisotopic (exact) mass is 323 g/mol. The summed E-state index contributed by atoms with van der Waals surface area (Å²) < 4.78 is 10.5. The molecule has 7 heteroatoms. The molecule has 0 fully saturated rings. The van der Waals surface area contributed by atoms with Crippen molar-refractivity contribution in [3.63, 3.8) is 0 Å². The predicted octanol–water partition coefficient (Wildman–Crippen LogP) is 2.47. The maximum absolute atomic E-state index is 11.8. The summed E-state index contributed by atoms with van der Waals surface area (Å²) >= 11 is 5.92. The van der Waals surface area contributed by atoms with E-state index in [1.54, 1.807) is 6.07 Å². The topological polar surface area (TPSA) is 77.2 Å². The first kappa shape index (κ1) is 16.5. The van der Waals surface area contributed by atoms with Gasteiger partial charge < -0.3 is 14.5 Å². The van der Waals surface area contributed by atoms with Gasteiger partial charge in [-0.1, -0.05) is 23.7 Å². The Morgan fingerprint density at radius 2 is 2.27 bits per heavy atom. The lowest BCUT2D eigenvalue weighted by Gasteiger charge is -2.02. The highest BCUT2D eigenvalue weighted by Gasteiger charge is 2.14. The van der Waals surface area contributed by atoms with E-state index in [-0.39, 0.29) is 11.8 Å². The number of amides is 1. The van der Waals surface area contributed by atoms with Crippen LogP contribution in [0.25, 0.3) is 0 Å². The van der Waals surface area contributed by atoms with Gasteiger partial charge in [-0.2, -0.15) is 0 Å². The van der Waals surface area contributed by atoms with Gasteiger partial charge in [0.1, 0.15) is 0 Å². The van der Waals surface area contributed by atoms with Crippen molar-refractivity contribution in [2.45, 2.75) is 19.8 Å². The fraction of sp³-hybridized carbons (Fsp3) is 0.400. The zero-order valence-electron chi connectivity index (χ0n) is 12.3. The lowest BCUT2D eigenvalue weighted by molar-refractivity contribution is 0.0908. The van der Waals surface area contributed by atoms with Crippen LogP contribution in [0.5, 0.6) is 0 Å². The van der Waals surface area contributed by atoms with Crippen LogP contribution in [-0.4, -0.2) is 35.9 Å². The summed E-state index contributed by atoms with van der Waals surface area (Å²) in [5.74, 6) is -0.0310. The van der Waals surface area contributed by atoms with Crippen molar-refractivity contribution in [2.24, 2.45) is 0 Å². The number of halogens is 1. The second-order valence-corrected chi connectivity index (χ2v) is 5.05. The fourth-order valence-corrected chi connectivity index (χ4v) is 2.05. The highest BCUT2D eigenvalue weighted by molar-refractivity contribution is 6.30. The van der Waals surface area contributed by atoms with Crippen LogP contribution in [0.15, 0.2) is 28.7 Å². The zero-order valence-corrected chi connectivity index (χ0v) is 13.1. The molecule has 118 valence electrons. The Balaban J connectivity index is 1.84. The molecule has 1 amide bonds. The summed E-state index contributed by atoms with van der Waals surface area (Å²) in [5.41, 5.74) is 0.944. The molecule has 0 atom stereocenters. The number of benzene rings is 1. The predicted molar refractivity (Wildman–Crippen MR) is 82.0 cm³/mol. The standard InChI is InChI=1S/C15H18ClN3O3/c1-2-21-8-4-7-17-14(20)15-19-18-13(22-15)10-11-5-3-6-12(16)9-11/h3,5-6,9H,2,4,7-8,10H2,1H3,(H,17,20). The van der Waals surface area contributed by atoms with Crippen molar-refractivity contribution in [2.75, 3.05) is 19.8 Å². The molecular weight excluding hydrogens is 306 g/mol. The van der Waals surface area contributed by atoms with Gasteiger partial charge >= 0.3 is 11.8 Å². The Hall–Kier alpha value is -1.92. The molecular formula is C15H18ClN3O3. The summed E-state index contributed by atoms with van der Waals surface area (Å²) in [6.45, 7) is 3.72. The number of nitrogens with zero attached hydrogens (tertiary/aromatic N) is 2. The molecule has 2 aromatic rings. The molecule has 1 N–H and O–H groups in total. The second kappa shape index (κ2) is 8.51.